The van der Waals surface area contributed by atoms with Gasteiger partial charge in [-0.3, -0.25) is 4.79 Å². The van der Waals surface area contributed by atoms with Gasteiger partial charge in [-0.1, -0.05) is 25.1 Å². The summed E-state index contributed by atoms with van der Waals surface area (Å²) in [5.41, 5.74) is 0.981. The summed E-state index contributed by atoms with van der Waals surface area (Å²) in [5.74, 6) is 0.126. The topological polar surface area (TPSA) is 30.0 Å². The third-order valence-corrected chi connectivity index (χ3v) is 3.24. The van der Waals surface area contributed by atoms with Gasteiger partial charge in [0.1, 0.15) is 5.01 Å². The zero-order valence-corrected chi connectivity index (χ0v) is 9.96. The second kappa shape index (κ2) is 5.03. The van der Waals surface area contributed by atoms with Crippen LogP contribution in [0.5, 0.6) is 0 Å². The van der Waals surface area contributed by atoms with E-state index in [1.54, 1.807) is 17.4 Å². The van der Waals surface area contributed by atoms with E-state index in [4.69, 9.17) is 0 Å². The van der Waals surface area contributed by atoms with Gasteiger partial charge in [-0.05, 0) is 24.6 Å². The van der Waals surface area contributed by atoms with E-state index >= 15 is 0 Å². The number of benzene rings is 1. The average molecular weight is 231 g/mol. The maximum absolute atomic E-state index is 11.5. The van der Waals surface area contributed by atoms with Crippen LogP contribution in [0.15, 0.2) is 36.4 Å². The Kier molecular flexibility index (Phi) is 3.47. The van der Waals surface area contributed by atoms with Crippen molar-refractivity contribution in [2.75, 3.05) is 0 Å². The Bertz CT molecular complexity index is 494. The van der Waals surface area contributed by atoms with E-state index in [1.807, 2.05) is 37.3 Å². The first-order chi connectivity index (χ1) is 7.79. The molecule has 82 valence electrons. The summed E-state index contributed by atoms with van der Waals surface area (Å²) in [6.45, 7) is 2.02. The molecular formula is C13H13NOS. The lowest BCUT2D eigenvalue weighted by molar-refractivity contribution is -0.114. The van der Waals surface area contributed by atoms with Crippen LogP contribution in [0.1, 0.15) is 18.4 Å². The van der Waals surface area contributed by atoms with Gasteiger partial charge < -0.3 is 0 Å². The van der Waals surface area contributed by atoms with Crippen LogP contribution in [0.3, 0.4) is 0 Å². The van der Waals surface area contributed by atoms with Crippen molar-refractivity contribution in [3.63, 3.8) is 0 Å². The van der Waals surface area contributed by atoms with Crippen LogP contribution in [-0.4, -0.2) is 10.8 Å². The van der Waals surface area contributed by atoms with Gasteiger partial charge in [0, 0.05) is 0 Å². The summed E-state index contributed by atoms with van der Waals surface area (Å²) < 4.78 is 1.14. The van der Waals surface area contributed by atoms with E-state index in [2.05, 4.69) is 4.98 Å². The molecule has 0 radical (unpaired) electrons. The molecular weight excluding hydrogens is 218 g/mol. The van der Waals surface area contributed by atoms with Crippen molar-refractivity contribution in [1.29, 1.82) is 0 Å². The molecule has 16 heavy (non-hydrogen) atoms. The summed E-state index contributed by atoms with van der Waals surface area (Å²) in [4.78, 5) is 16.0. The number of aromatic nitrogens is 1. The van der Waals surface area contributed by atoms with E-state index in [0.717, 1.165) is 21.6 Å². The predicted octanol–water partition coefficient (Wildman–Crippen LogP) is 3.37. The Balaban J connectivity index is 2.15. The van der Waals surface area contributed by atoms with Crippen molar-refractivity contribution >= 4 is 27.3 Å². The average Bonchev–Trinajstić information content (AvgIpc) is 2.68. The van der Waals surface area contributed by atoms with E-state index in [1.165, 1.54) is 0 Å². The third-order valence-electron chi connectivity index (χ3n) is 2.20. The van der Waals surface area contributed by atoms with Crippen LogP contribution < -0.4 is 0 Å². The largest absolute Gasteiger partial charge is 0.294 e. The van der Waals surface area contributed by atoms with Gasteiger partial charge in [0.2, 0.25) is 0 Å². The molecule has 0 N–H and O–H groups in total. The maximum atomic E-state index is 11.5. The molecule has 0 unspecified atom stereocenters. The first kappa shape index (κ1) is 11.0. The van der Waals surface area contributed by atoms with Crippen LogP contribution in [0.2, 0.25) is 0 Å². The zero-order valence-electron chi connectivity index (χ0n) is 9.14. The lowest BCUT2D eigenvalue weighted by atomic mass is 10.2. The molecule has 1 aromatic carbocycles. The number of ketones is 1. The van der Waals surface area contributed by atoms with Crippen molar-refractivity contribution in [2.45, 2.75) is 19.8 Å². The quantitative estimate of drug-likeness (QED) is 0.755. The highest BCUT2D eigenvalue weighted by Gasteiger charge is 2.05. The van der Waals surface area contributed by atoms with E-state index < -0.39 is 0 Å². The molecule has 1 aromatic heterocycles. The molecule has 2 aromatic rings. The number of hydrogen-bond donors (Lipinski definition) is 0. The SMILES string of the molecule is CC/C=C/C(=O)Cc1nc2ccccc2s1. The minimum absolute atomic E-state index is 0.126. The van der Waals surface area contributed by atoms with Gasteiger partial charge in [0.25, 0.3) is 0 Å². The second-order valence-corrected chi connectivity index (χ2v) is 4.64. The normalized spacial score (nSPS) is 11.3. The molecule has 0 fully saturated rings. The van der Waals surface area contributed by atoms with Crippen LogP contribution in [-0.2, 0) is 11.2 Å². The highest BCUT2D eigenvalue weighted by molar-refractivity contribution is 7.18. The maximum Gasteiger partial charge on any atom is 0.162 e. The highest BCUT2D eigenvalue weighted by Crippen LogP contribution is 2.21. The number of carbonyl (C=O) groups excluding carboxylic acids is 1. The lowest BCUT2D eigenvalue weighted by Crippen LogP contribution is -1.97. The molecule has 2 rings (SSSR count). The number of hydrogen-bond acceptors (Lipinski definition) is 3. The number of allylic oxidation sites excluding steroid dienone is 2. The standard InChI is InChI=1S/C13H13NOS/c1-2-3-6-10(15)9-13-14-11-7-4-5-8-12(11)16-13/h3-8H,2,9H2,1H3/b6-3+. The van der Waals surface area contributed by atoms with Crippen LogP contribution in [0, 0.1) is 0 Å². The molecule has 1 heterocycles. The van der Waals surface area contributed by atoms with Crippen molar-refractivity contribution in [1.82, 2.24) is 4.98 Å². The van der Waals surface area contributed by atoms with Crippen molar-refractivity contribution in [3.05, 3.63) is 41.4 Å². The minimum atomic E-state index is 0.126. The van der Waals surface area contributed by atoms with Gasteiger partial charge in [-0.15, -0.1) is 11.3 Å². The molecule has 0 aliphatic heterocycles. The predicted molar refractivity (Wildman–Crippen MR) is 67.8 cm³/mol. The molecule has 2 nitrogen and oxygen atoms in total. The number of rotatable bonds is 4. The Labute approximate surface area is 98.6 Å². The van der Waals surface area contributed by atoms with E-state index in [-0.39, 0.29) is 5.78 Å². The molecule has 0 amide bonds. The number of carbonyl (C=O) groups is 1. The Morgan fingerprint density at radius 2 is 2.25 bits per heavy atom. The molecule has 0 bridgehead atoms. The lowest BCUT2D eigenvalue weighted by Gasteiger charge is -1.88. The van der Waals surface area contributed by atoms with E-state index in [0.29, 0.717) is 6.42 Å². The summed E-state index contributed by atoms with van der Waals surface area (Å²) in [5, 5.41) is 0.895. The molecule has 0 saturated carbocycles. The fraction of sp³-hybridized carbons (Fsp3) is 0.231. The fourth-order valence-electron chi connectivity index (χ4n) is 1.45. The van der Waals surface area contributed by atoms with Gasteiger partial charge in [-0.25, -0.2) is 4.98 Å². The fourth-order valence-corrected chi connectivity index (χ4v) is 2.43. The summed E-state index contributed by atoms with van der Waals surface area (Å²) in [7, 11) is 0. The van der Waals surface area contributed by atoms with Gasteiger partial charge in [0.05, 0.1) is 16.6 Å². The molecule has 0 spiro atoms. The molecule has 3 heteroatoms. The molecule has 0 atom stereocenters. The Hall–Kier alpha value is -1.48. The zero-order chi connectivity index (χ0) is 11.4. The molecule has 0 aliphatic rings. The third kappa shape index (κ3) is 2.55. The van der Waals surface area contributed by atoms with Gasteiger partial charge >= 0.3 is 0 Å². The van der Waals surface area contributed by atoms with Crippen LogP contribution >= 0.6 is 11.3 Å². The van der Waals surface area contributed by atoms with Gasteiger partial charge in [-0.2, -0.15) is 0 Å². The molecule has 0 saturated heterocycles. The first-order valence-electron chi connectivity index (χ1n) is 5.33. The Morgan fingerprint density at radius 1 is 1.44 bits per heavy atom. The van der Waals surface area contributed by atoms with Crippen molar-refractivity contribution in [2.24, 2.45) is 0 Å². The van der Waals surface area contributed by atoms with E-state index in [9.17, 15) is 4.79 Å². The summed E-state index contributed by atoms with van der Waals surface area (Å²) in [6.07, 6.45) is 4.84. The van der Waals surface area contributed by atoms with Crippen molar-refractivity contribution in [3.8, 4) is 0 Å². The molecule has 0 aliphatic carbocycles. The van der Waals surface area contributed by atoms with Crippen molar-refractivity contribution < 1.29 is 4.79 Å². The minimum Gasteiger partial charge on any atom is -0.294 e. The number of thiazole rings is 1. The van der Waals surface area contributed by atoms with Crippen LogP contribution in [0.25, 0.3) is 10.2 Å². The summed E-state index contributed by atoms with van der Waals surface area (Å²) >= 11 is 1.59. The smallest absolute Gasteiger partial charge is 0.162 e. The second-order valence-electron chi connectivity index (χ2n) is 3.53. The number of fused-ring (bicyclic) bond motifs is 1. The first-order valence-corrected chi connectivity index (χ1v) is 6.15. The summed E-state index contributed by atoms with van der Waals surface area (Å²) in [6, 6.07) is 7.96. The number of para-hydroxylation sites is 1. The monoisotopic (exact) mass is 231 g/mol. The highest BCUT2D eigenvalue weighted by atomic mass is 32.1. The van der Waals surface area contributed by atoms with Crippen LogP contribution in [0.4, 0.5) is 0 Å². The number of nitrogens with zero attached hydrogens (tertiary/aromatic N) is 1. The van der Waals surface area contributed by atoms with Gasteiger partial charge in [0.15, 0.2) is 5.78 Å². The Morgan fingerprint density at radius 3 is 3.00 bits per heavy atom.